The van der Waals surface area contributed by atoms with Crippen molar-refractivity contribution >= 4 is 22.4 Å². The molecule has 0 saturated heterocycles. The molecule has 0 unspecified atom stereocenters. The van der Waals surface area contributed by atoms with Crippen molar-refractivity contribution in [3.05, 3.63) is 52.5 Å². The number of nitrogens with one attached hydrogen (secondary N) is 1. The average Bonchev–Trinajstić information content (AvgIpc) is 3.08. The molecule has 0 aliphatic carbocycles. The monoisotopic (exact) mass is 285 g/mol. The molecule has 0 bridgehead atoms. The zero-order valence-corrected chi connectivity index (χ0v) is 12.5. The van der Waals surface area contributed by atoms with Crippen LogP contribution in [0.1, 0.15) is 17.1 Å². The maximum absolute atomic E-state index is 4.70. The van der Waals surface area contributed by atoms with Crippen LogP contribution < -0.4 is 5.32 Å². The van der Waals surface area contributed by atoms with Crippen LogP contribution >= 0.6 is 11.3 Å². The Bertz CT molecular complexity index is 670. The molecule has 1 aromatic carbocycles. The van der Waals surface area contributed by atoms with Gasteiger partial charge in [-0.15, -0.1) is 11.3 Å². The number of fused-ring (bicyclic) bond motifs is 1. The fourth-order valence-corrected chi connectivity index (χ4v) is 3.09. The number of para-hydroxylation sites is 2. The van der Waals surface area contributed by atoms with Crippen LogP contribution in [0.3, 0.4) is 0 Å². The van der Waals surface area contributed by atoms with E-state index in [2.05, 4.69) is 52.6 Å². The molecule has 0 atom stereocenters. The van der Waals surface area contributed by atoms with Crippen molar-refractivity contribution in [1.29, 1.82) is 0 Å². The first-order valence-electron chi connectivity index (χ1n) is 6.98. The largest absolute Gasteiger partial charge is 0.331 e. The summed E-state index contributed by atoms with van der Waals surface area (Å²) < 4.78 is 2.20. The summed E-state index contributed by atoms with van der Waals surface area (Å²) in [6, 6.07) is 12.6. The molecule has 0 fully saturated rings. The molecule has 20 heavy (non-hydrogen) atoms. The van der Waals surface area contributed by atoms with Crippen molar-refractivity contribution in [2.75, 3.05) is 6.54 Å². The van der Waals surface area contributed by atoms with E-state index >= 15 is 0 Å². The molecule has 0 radical (unpaired) electrons. The number of hydrogen-bond acceptors (Lipinski definition) is 3. The molecule has 0 saturated carbocycles. The van der Waals surface area contributed by atoms with Crippen LogP contribution in [0, 0.1) is 0 Å². The second-order valence-electron chi connectivity index (χ2n) is 4.94. The number of aromatic nitrogens is 2. The molecule has 3 rings (SSSR count). The third-order valence-corrected chi connectivity index (χ3v) is 4.39. The topological polar surface area (TPSA) is 29.9 Å². The molecule has 0 aliphatic rings. The quantitative estimate of drug-likeness (QED) is 0.704. The van der Waals surface area contributed by atoms with Crippen LogP contribution in [0.2, 0.25) is 0 Å². The zero-order valence-electron chi connectivity index (χ0n) is 11.7. The number of rotatable bonds is 6. The minimum Gasteiger partial charge on any atom is -0.331 e. The Morgan fingerprint density at radius 3 is 2.90 bits per heavy atom. The second-order valence-corrected chi connectivity index (χ2v) is 5.97. The number of nitrogens with zero attached hydrogens (tertiary/aromatic N) is 2. The van der Waals surface area contributed by atoms with Gasteiger partial charge < -0.3 is 9.88 Å². The van der Waals surface area contributed by atoms with E-state index in [1.165, 1.54) is 16.2 Å². The van der Waals surface area contributed by atoms with E-state index in [9.17, 15) is 0 Å². The Hall–Kier alpha value is -1.65. The van der Waals surface area contributed by atoms with E-state index in [0.29, 0.717) is 0 Å². The van der Waals surface area contributed by atoms with Crippen molar-refractivity contribution in [1.82, 2.24) is 14.9 Å². The third kappa shape index (κ3) is 2.92. The van der Waals surface area contributed by atoms with Gasteiger partial charge >= 0.3 is 0 Å². The molecule has 0 amide bonds. The normalized spacial score (nSPS) is 11.2. The van der Waals surface area contributed by atoms with Crippen molar-refractivity contribution < 1.29 is 0 Å². The van der Waals surface area contributed by atoms with E-state index in [1.54, 1.807) is 11.3 Å². The number of thiophene rings is 1. The minimum atomic E-state index is 0.972. The highest BCUT2D eigenvalue weighted by molar-refractivity contribution is 7.09. The smallest absolute Gasteiger partial charge is 0.109 e. The Kier molecular flexibility index (Phi) is 4.14. The van der Waals surface area contributed by atoms with E-state index in [0.717, 1.165) is 31.4 Å². The molecule has 3 aromatic rings. The lowest BCUT2D eigenvalue weighted by atomic mass is 10.3. The lowest BCUT2D eigenvalue weighted by Gasteiger charge is -2.04. The van der Waals surface area contributed by atoms with Crippen molar-refractivity contribution in [2.45, 2.75) is 19.4 Å². The first-order valence-corrected chi connectivity index (χ1v) is 7.86. The predicted molar refractivity (Wildman–Crippen MR) is 85.1 cm³/mol. The van der Waals surface area contributed by atoms with Crippen molar-refractivity contribution in [3.63, 3.8) is 0 Å². The Morgan fingerprint density at radius 1 is 1.20 bits per heavy atom. The van der Waals surface area contributed by atoms with Gasteiger partial charge in [0, 0.05) is 24.9 Å². The van der Waals surface area contributed by atoms with Crippen LogP contribution in [0.4, 0.5) is 0 Å². The molecule has 2 aromatic heterocycles. The molecule has 104 valence electrons. The molecule has 1 N–H and O–H groups in total. The Balaban J connectivity index is 1.51. The van der Waals surface area contributed by atoms with E-state index in [4.69, 9.17) is 4.98 Å². The average molecular weight is 285 g/mol. The highest BCUT2D eigenvalue weighted by atomic mass is 32.1. The highest BCUT2D eigenvalue weighted by Gasteiger charge is 2.06. The maximum Gasteiger partial charge on any atom is 0.109 e. The van der Waals surface area contributed by atoms with E-state index in [-0.39, 0.29) is 0 Å². The Labute approximate surface area is 123 Å². The first kappa shape index (κ1) is 13.3. The summed E-state index contributed by atoms with van der Waals surface area (Å²) in [6.07, 6.45) is 2.13. The minimum absolute atomic E-state index is 0.972. The van der Waals surface area contributed by atoms with Gasteiger partial charge in [0.05, 0.1) is 11.0 Å². The van der Waals surface area contributed by atoms with Gasteiger partial charge in [-0.3, -0.25) is 0 Å². The van der Waals surface area contributed by atoms with Gasteiger partial charge in [0.25, 0.3) is 0 Å². The maximum atomic E-state index is 4.70. The number of hydrogen-bond donors (Lipinski definition) is 1. The fraction of sp³-hybridized carbons (Fsp3) is 0.312. The van der Waals surface area contributed by atoms with Gasteiger partial charge in [-0.25, -0.2) is 4.98 Å². The van der Waals surface area contributed by atoms with Gasteiger partial charge in [-0.2, -0.15) is 0 Å². The molecule has 4 heteroatoms. The summed E-state index contributed by atoms with van der Waals surface area (Å²) in [7, 11) is 2.10. The Morgan fingerprint density at radius 2 is 2.10 bits per heavy atom. The summed E-state index contributed by atoms with van der Waals surface area (Å²) >= 11 is 1.80. The highest BCUT2D eigenvalue weighted by Crippen LogP contribution is 2.15. The standard InChI is InChI=1S/C16H19N3S/c1-19-15-8-3-2-7-14(15)18-16(19)9-4-10-17-12-13-6-5-11-20-13/h2-3,5-8,11,17H,4,9-10,12H2,1H3. The molecular weight excluding hydrogens is 266 g/mol. The number of imidazole rings is 1. The van der Waals surface area contributed by atoms with Gasteiger partial charge in [0.1, 0.15) is 5.82 Å². The van der Waals surface area contributed by atoms with E-state index < -0.39 is 0 Å². The van der Waals surface area contributed by atoms with Gasteiger partial charge in [0.15, 0.2) is 0 Å². The van der Waals surface area contributed by atoms with Gasteiger partial charge in [-0.05, 0) is 36.5 Å². The lowest BCUT2D eigenvalue weighted by Crippen LogP contribution is -2.15. The summed E-state index contributed by atoms with van der Waals surface area (Å²) in [5.74, 6) is 1.17. The summed E-state index contributed by atoms with van der Waals surface area (Å²) in [6.45, 7) is 2.00. The van der Waals surface area contributed by atoms with Gasteiger partial charge in [-0.1, -0.05) is 18.2 Å². The van der Waals surface area contributed by atoms with Gasteiger partial charge in [0.2, 0.25) is 0 Å². The van der Waals surface area contributed by atoms with Crippen LogP contribution in [0.25, 0.3) is 11.0 Å². The van der Waals surface area contributed by atoms with Crippen LogP contribution in [0.15, 0.2) is 41.8 Å². The zero-order chi connectivity index (χ0) is 13.8. The molecule has 2 heterocycles. The molecular formula is C16H19N3S. The fourth-order valence-electron chi connectivity index (χ4n) is 2.42. The van der Waals surface area contributed by atoms with E-state index in [1.807, 2.05) is 6.07 Å². The summed E-state index contributed by atoms with van der Waals surface area (Å²) in [4.78, 5) is 6.09. The second kappa shape index (κ2) is 6.20. The molecule has 0 spiro atoms. The van der Waals surface area contributed by atoms with Crippen molar-refractivity contribution in [3.8, 4) is 0 Å². The summed E-state index contributed by atoms with van der Waals surface area (Å²) in [5, 5.41) is 5.61. The van der Waals surface area contributed by atoms with Crippen LogP contribution in [0.5, 0.6) is 0 Å². The SMILES string of the molecule is Cn1c(CCCNCc2cccs2)nc2ccccc21. The third-order valence-electron chi connectivity index (χ3n) is 3.51. The number of benzene rings is 1. The summed E-state index contributed by atoms with van der Waals surface area (Å²) in [5.41, 5.74) is 2.31. The van der Waals surface area contributed by atoms with Crippen LogP contribution in [-0.4, -0.2) is 16.1 Å². The lowest BCUT2D eigenvalue weighted by molar-refractivity contribution is 0.635. The van der Waals surface area contributed by atoms with Crippen molar-refractivity contribution in [2.24, 2.45) is 7.05 Å². The number of aryl methyl sites for hydroxylation is 2. The molecule has 3 nitrogen and oxygen atoms in total. The van der Waals surface area contributed by atoms with Crippen LogP contribution in [-0.2, 0) is 20.0 Å². The first-order chi connectivity index (χ1) is 9.84. The predicted octanol–water partition coefficient (Wildman–Crippen LogP) is 3.36. The molecule has 0 aliphatic heterocycles.